The average Bonchev–Trinajstić information content (AvgIpc) is 2.56. The summed E-state index contributed by atoms with van der Waals surface area (Å²) in [4.78, 5) is 23.2. The van der Waals surface area contributed by atoms with E-state index in [1.165, 1.54) is 0 Å². The topological polar surface area (TPSA) is 75.6 Å². The van der Waals surface area contributed by atoms with E-state index in [0.29, 0.717) is 12.3 Å². The molecule has 0 bridgehead atoms. The number of halogens is 1. The number of rotatable bonds is 7. The van der Waals surface area contributed by atoms with Crippen molar-refractivity contribution in [3.05, 3.63) is 0 Å². The van der Waals surface area contributed by atoms with Crippen molar-refractivity contribution in [2.45, 2.75) is 81.7 Å². The number of alkyl halides is 1. The Balaban J connectivity index is 1.72. The molecule has 0 aromatic rings. The molecule has 2 aliphatic carbocycles. The zero-order valence-electron chi connectivity index (χ0n) is 14.5. The number of aliphatic carboxylic acids is 1. The van der Waals surface area contributed by atoms with Gasteiger partial charge in [0.05, 0.1) is 12.0 Å². The van der Waals surface area contributed by atoms with Gasteiger partial charge in [-0.1, -0.05) is 0 Å². The minimum atomic E-state index is -0.714. The molecule has 3 atom stereocenters. The number of hydrogen-bond acceptors (Lipinski definition) is 3. The van der Waals surface area contributed by atoms with Crippen molar-refractivity contribution in [2.75, 3.05) is 7.11 Å². The zero-order chi connectivity index (χ0) is 17.5. The molecule has 0 radical (unpaired) electrons. The molecule has 2 rings (SSSR count). The Labute approximate surface area is 149 Å². The van der Waals surface area contributed by atoms with Gasteiger partial charge < -0.3 is 15.2 Å². The van der Waals surface area contributed by atoms with Gasteiger partial charge in [-0.2, -0.15) is 0 Å². The molecule has 2 aliphatic rings. The van der Waals surface area contributed by atoms with Crippen LogP contribution in [0.3, 0.4) is 0 Å². The lowest BCUT2D eigenvalue weighted by molar-refractivity contribution is -0.137. The van der Waals surface area contributed by atoms with Crippen molar-refractivity contribution in [3.8, 4) is 0 Å². The maximum Gasteiger partial charge on any atom is 0.303 e. The van der Waals surface area contributed by atoms with Crippen LogP contribution in [0.25, 0.3) is 0 Å². The normalized spacial score (nSPS) is 33.8. The highest BCUT2D eigenvalue weighted by molar-refractivity contribution is 6.20. The van der Waals surface area contributed by atoms with Crippen LogP contribution in [0.4, 0.5) is 0 Å². The molecule has 0 saturated heterocycles. The van der Waals surface area contributed by atoms with E-state index in [1.807, 2.05) is 0 Å². The molecule has 0 aliphatic heterocycles. The van der Waals surface area contributed by atoms with Gasteiger partial charge in [-0.15, -0.1) is 11.6 Å². The van der Waals surface area contributed by atoms with E-state index in [0.717, 1.165) is 51.4 Å². The first-order valence-corrected chi connectivity index (χ1v) is 9.62. The third-order valence-corrected chi connectivity index (χ3v) is 5.95. The van der Waals surface area contributed by atoms with Crippen LogP contribution in [0.1, 0.15) is 64.2 Å². The highest BCUT2D eigenvalue weighted by atomic mass is 35.5. The molecule has 2 fully saturated rings. The van der Waals surface area contributed by atoms with Crippen molar-refractivity contribution < 1.29 is 19.4 Å². The molecule has 2 N–H and O–H groups in total. The second-order valence-corrected chi connectivity index (χ2v) is 7.92. The molecule has 0 aromatic carbocycles. The summed E-state index contributed by atoms with van der Waals surface area (Å²) in [6.45, 7) is 0. The smallest absolute Gasteiger partial charge is 0.303 e. The van der Waals surface area contributed by atoms with E-state index < -0.39 is 5.97 Å². The number of ether oxygens (including phenoxy) is 1. The molecule has 1 amide bonds. The van der Waals surface area contributed by atoms with Gasteiger partial charge in [-0.05, 0) is 63.7 Å². The lowest BCUT2D eigenvalue weighted by Crippen LogP contribution is -2.47. The summed E-state index contributed by atoms with van der Waals surface area (Å²) in [6.07, 6.45) is 8.53. The zero-order valence-corrected chi connectivity index (χ0v) is 15.3. The average molecular weight is 360 g/mol. The number of carboxylic acids is 1. The van der Waals surface area contributed by atoms with Crippen molar-refractivity contribution in [2.24, 2.45) is 11.8 Å². The number of carboxylic acid groups (broad SMARTS) is 1. The fourth-order valence-corrected chi connectivity index (χ4v) is 4.41. The summed E-state index contributed by atoms with van der Waals surface area (Å²) in [5.41, 5.74) is 0. The van der Waals surface area contributed by atoms with E-state index in [-0.39, 0.29) is 35.8 Å². The quantitative estimate of drug-likeness (QED) is 0.683. The highest BCUT2D eigenvalue weighted by Crippen LogP contribution is 2.32. The molecule has 5 nitrogen and oxygen atoms in total. The molecule has 138 valence electrons. The maximum absolute atomic E-state index is 12.6. The molecular weight excluding hydrogens is 330 g/mol. The predicted molar refractivity (Wildman–Crippen MR) is 93.2 cm³/mol. The van der Waals surface area contributed by atoms with E-state index in [2.05, 4.69) is 5.32 Å². The summed E-state index contributed by atoms with van der Waals surface area (Å²) >= 11 is 6.23. The standard InChI is InChI=1S/C18H30ClNO4/c1-24-16-10-7-13(19)11-15(16)18(23)20-14-8-5-12(6-9-14)3-2-4-17(21)22/h12-16H,2-11H2,1H3,(H,20,23)(H,21,22). The van der Waals surface area contributed by atoms with Gasteiger partial charge in [-0.3, -0.25) is 9.59 Å². The summed E-state index contributed by atoms with van der Waals surface area (Å²) in [7, 11) is 1.67. The summed E-state index contributed by atoms with van der Waals surface area (Å²) in [5, 5.41) is 12.0. The summed E-state index contributed by atoms with van der Waals surface area (Å²) in [5.74, 6) is -0.166. The summed E-state index contributed by atoms with van der Waals surface area (Å²) < 4.78 is 5.48. The minimum Gasteiger partial charge on any atom is -0.481 e. The Hall–Kier alpha value is -0.810. The van der Waals surface area contributed by atoms with Crippen LogP contribution in [0.2, 0.25) is 0 Å². The molecule has 6 heteroatoms. The van der Waals surface area contributed by atoms with Crippen molar-refractivity contribution >= 4 is 23.5 Å². The largest absolute Gasteiger partial charge is 0.481 e. The van der Waals surface area contributed by atoms with Gasteiger partial charge in [0.25, 0.3) is 0 Å². The van der Waals surface area contributed by atoms with Crippen molar-refractivity contribution in [1.29, 1.82) is 0 Å². The molecule has 2 saturated carbocycles. The molecular formula is C18H30ClNO4. The molecule has 24 heavy (non-hydrogen) atoms. The Bertz CT molecular complexity index is 423. The van der Waals surface area contributed by atoms with Gasteiger partial charge in [0.2, 0.25) is 5.91 Å². The van der Waals surface area contributed by atoms with Crippen molar-refractivity contribution in [3.63, 3.8) is 0 Å². The van der Waals surface area contributed by atoms with Crippen LogP contribution < -0.4 is 5.32 Å². The van der Waals surface area contributed by atoms with Crippen LogP contribution >= 0.6 is 11.6 Å². The second-order valence-electron chi connectivity index (χ2n) is 7.30. The van der Waals surface area contributed by atoms with Crippen LogP contribution in [0.15, 0.2) is 0 Å². The first kappa shape index (κ1) is 19.5. The van der Waals surface area contributed by atoms with E-state index in [1.54, 1.807) is 7.11 Å². The molecule has 0 aromatic heterocycles. The number of hydrogen-bond donors (Lipinski definition) is 2. The Morgan fingerprint density at radius 3 is 2.50 bits per heavy atom. The SMILES string of the molecule is COC1CCC(Cl)CC1C(=O)NC1CCC(CCCC(=O)O)CC1. The summed E-state index contributed by atoms with van der Waals surface area (Å²) in [6, 6.07) is 0.237. The first-order chi connectivity index (χ1) is 11.5. The fraction of sp³-hybridized carbons (Fsp3) is 0.889. The van der Waals surface area contributed by atoms with Crippen LogP contribution in [0, 0.1) is 11.8 Å². The number of amides is 1. The molecule has 3 unspecified atom stereocenters. The van der Waals surface area contributed by atoms with Gasteiger partial charge in [0.1, 0.15) is 0 Å². The fourth-order valence-electron chi connectivity index (χ4n) is 4.10. The predicted octanol–water partition coefficient (Wildman–Crippen LogP) is 3.34. The van der Waals surface area contributed by atoms with Crippen LogP contribution in [0.5, 0.6) is 0 Å². The lowest BCUT2D eigenvalue weighted by Gasteiger charge is -2.34. The number of carbonyl (C=O) groups excluding carboxylic acids is 1. The maximum atomic E-state index is 12.6. The Kier molecular flexibility index (Phi) is 7.82. The van der Waals surface area contributed by atoms with Gasteiger partial charge >= 0.3 is 5.97 Å². The second kappa shape index (κ2) is 9.62. The van der Waals surface area contributed by atoms with E-state index >= 15 is 0 Å². The monoisotopic (exact) mass is 359 g/mol. The van der Waals surface area contributed by atoms with Crippen LogP contribution in [-0.4, -0.2) is 41.6 Å². The van der Waals surface area contributed by atoms with Gasteiger partial charge in [0, 0.05) is 24.9 Å². The van der Waals surface area contributed by atoms with Gasteiger partial charge in [0.15, 0.2) is 0 Å². The third kappa shape index (κ3) is 5.92. The van der Waals surface area contributed by atoms with Gasteiger partial charge in [-0.25, -0.2) is 0 Å². The third-order valence-electron chi connectivity index (χ3n) is 5.56. The minimum absolute atomic E-state index is 0.0210. The number of nitrogens with one attached hydrogen (secondary N) is 1. The van der Waals surface area contributed by atoms with E-state index in [9.17, 15) is 9.59 Å². The highest BCUT2D eigenvalue weighted by Gasteiger charge is 2.36. The molecule has 0 heterocycles. The Morgan fingerprint density at radius 1 is 1.17 bits per heavy atom. The number of carbonyl (C=O) groups is 2. The Morgan fingerprint density at radius 2 is 1.88 bits per heavy atom. The van der Waals surface area contributed by atoms with E-state index in [4.69, 9.17) is 21.4 Å². The lowest BCUT2D eigenvalue weighted by atomic mass is 9.82. The number of methoxy groups -OCH3 is 1. The van der Waals surface area contributed by atoms with Crippen LogP contribution in [-0.2, 0) is 14.3 Å². The van der Waals surface area contributed by atoms with Crippen molar-refractivity contribution in [1.82, 2.24) is 5.32 Å². The first-order valence-electron chi connectivity index (χ1n) is 9.18. The molecule has 0 spiro atoms.